The third-order valence-electron chi connectivity index (χ3n) is 3.19. The first-order valence-corrected chi connectivity index (χ1v) is 8.80. The molecular weight excluding hydrogens is 389 g/mol. The lowest BCUT2D eigenvalue weighted by Gasteiger charge is -2.40. The van der Waals surface area contributed by atoms with E-state index >= 15 is 0 Å². The van der Waals surface area contributed by atoms with E-state index in [1.54, 1.807) is 24.3 Å². The molecular formula is C14H9BrF5NS. The summed E-state index contributed by atoms with van der Waals surface area (Å²) in [5.74, 6) is 0. The van der Waals surface area contributed by atoms with Gasteiger partial charge in [-0.25, -0.2) is 0 Å². The minimum absolute atomic E-state index is 0.0867. The van der Waals surface area contributed by atoms with Gasteiger partial charge in [0, 0.05) is 21.1 Å². The van der Waals surface area contributed by atoms with Gasteiger partial charge >= 0.3 is 10.2 Å². The summed E-state index contributed by atoms with van der Waals surface area (Å²) >= 11 is 3.28. The van der Waals surface area contributed by atoms with Crippen molar-refractivity contribution in [3.63, 3.8) is 0 Å². The SMILES string of the molecule is FS(F)(F)(F)(F)c1ccc2[nH]c(-c3ccc(Br)cc3)cc2c1. The Kier molecular flexibility index (Phi) is 2.83. The van der Waals surface area contributed by atoms with Crippen molar-refractivity contribution in [2.24, 2.45) is 0 Å². The molecule has 0 aliphatic carbocycles. The van der Waals surface area contributed by atoms with E-state index in [4.69, 9.17) is 0 Å². The molecule has 0 aliphatic rings. The van der Waals surface area contributed by atoms with Crippen molar-refractivity contribution in [3.05, 3.63) is 53.0 Å². The topological polar surface area (TPSA) is 15.8 Å². The molecule has 1 nitrogen and oxygen atoms in total. The molecule has 3 aromatic rings. The Morgan fingerprint density at radius 2 is 1.45 bits per heavy atom. The summed E-state index contributed by atoms with van der Waals surface area (Å²) < 4.78 is 65.0. The van der Waals surface area contributed by atoms with Gasteiger partial charge in [0.2, 0.25) is 0 Å². The number of aromatic amines is 1. The van der Waals surface area contributed by atoms with Crippen molar-refractivity contribution in [1.82, 2.24) is 4.98 Å². The lowest BCUT2D eigenvalue weighted by molar-refractivity contribution is 0.364. The quantitative estimate of drug-likeness (QED) is 0.438. The van der Waals surface area contributed by atoms with Gasteiger partial charge in [-0.2, -0.15) is 0 Å². The summed E-state index contributed by atoms with van der Waals surface area (Å²) in [7, 11) is -9.66. The predicted octanol–water partition coefficient (Wildman–Crippen LogP) is 7.25. The van der Waals surface area contributed by atoms with E-state index < -0.39 is 15.1 Å². The maximum Gasteiger partial charge on any atom is 0.310 e. The highest BCUT2D eigenvalue weighted by atomic mass is 79.9. The maximum atomic E-state index is 12.8. The Labute approximate surface area is 131 Å². The Balaban J connectivity index is 2.14. The van der Waals surface area contributed by atoms with E-state index in [9.17, 15) is 19.4 Å². The van der Waals surface area contributed by atoms with Gasteiger partial charge in [-0.15, -0.1) is 0 Å². The molecule has 0 bridgehead atoms. The van der Waals surface area contributed by atoms with Crippen molar-refractivity contribution in [3.8, 4) is 11.3 Å². The molecule has 0 amide bonds. The average molecular weight is 398 g/mol. The smallest absolute Gasteiger partial charge is 0.310 e. The lowest BCUT2D eigenvalue weighted by Crippen LogP contribution is -2.05. The minimum atomic E-state index is -9.66. The number of nitrogens with one attached hydrogen (secondary N) is 1. The molecule has 8 heteroatoms. The highest BCUT2D eigenvalue weighted by Crippen LogP contribution is 3.02. The third-order valence-corrected chi connectivity index (χ3v) is 4.87. The molecule has 1 aromatic heterocycles. The second-order valence-electron chi connectivity index (χ2n) is 4.91. The summed E-state index contributed by atoms with van der Waals surface area (Å²) in [6, 6.07) is 10.4. The van der Waals surface area contributed by atoms with Crippen LogP contribution in [0.4, 0.5) is 19.4 Å². The zero-order chi connectivity index (χ0) is 16.2. The summed E-state index contributed by atoms with van der Waals surface area (Å²) in [5.41, 5.74) is 1.67. The largest absolute Gasteiger partial charge is 0.355 e. The fourth-order valence-corrected chi connectivity index (χ4v) is 3.07. The van der Waals surface area contributed by atoms with E-state index in [1.807, 2.05) is 0 Å². The van der Waals surface area contributed by atoms with Crippen LogP contribution < -0.4 is 0 Å². The second kappa shape index (κ2) is 4.05. The van der Waals surface area contributed by atoms with E-state index in [-0.39, 0.29) is 5.39 Å². The molecule has 0 fully saturated rings. The highest BCUT2D eigenvalue weighted by molar-refractivity contribution is 9.10. The first-order chi connectivity index (χ1) is 9.92. The average Bonchev–Trinajstić information content (AvgIpc) is 2.79. The van der Waals surface area contributed by atoms with Crippen LogP contribution in [0, 0.1) is 0 Å². The van der Waals surface area contributed by atoms with E-state index in [0.717, 1.165) is 16.1 Å². The Bertz CT molecular complexity index is 868. The van der Waals surface area contributed by atoms with Crippen LogP contribution in [-0.4, -0.2) is 4.98 Å². The number of benzene rings is 2. The van der Waals surface area contributed by atoms with E-state index in [1.165, 1.54) is 6.07 Å². The molecule has 0 aliphatic heterocycles. The first-order valence-electron chi connectivity index (χ1n) is 6.05. The van der Waals surface area contributed by atoms with Crippen molar-refractivity contribution < 1.29 is 19.4 Å². The van der Waals surface area contributed by atoms with Crippen LogP contribution in [0.5, 0.6) is 0 Å². The highest BCUT2D eigenvalue weighted by Gasteiger charge is 2.65. The molecule has 0 atom stereocenters. The molecule has 118 valence electrons. The van der Waals surface area contributed by atoms with Gasteiger partial charge in [0.25, 0.3) is 0 Å². The molecule has 22 heavy (non-hydrogen) atoms. The standard InChI is InChI=1S/C14H9BrF5NS/c15-11-3-1-9(2-4-11)14-8-10-7-12(5-6-13(10)21-14)22(16,17,18,19)20/h1-8,21H. The van der Waals surface area contributed by atoms with E-state index in [2.05, 4.69) is 20.9 Å². The molecule has 0 unspecified atom stereocenters. The predicted molar refractivity (Wildman–Crippen MR) is 82.8 cm³/mol. The summed E-state index contributed by atoms with van der Waals surface area (Å²) in [6.07, 6.45) is 0. The number of hydrogen-bond acceptors (Lipinski definition) is 0. The number of halogens is 6. The number of rotatable bonds is 2. The fourth-order valence-electron chi connectivity index (χ4n) is 2.14. The molecule has 0 spiro atoms. The van der Waals surface area contributed by atoms with Crippen molar-refractivity contribution >= 4 is 37.1 Å². The van der Waals surface area contributed by atoms with Crippen LogP contribution in [0.15, 0.2) is 57.9 Å². The first kappa shape index (κ1) is 15.4. The molecule has 0 saturated carbocycles. The van der Waals surface area contributed by atoms with Crippen molar-refractivity contribution in [1.29, 1.82) is 0 Å². The fraction of sp³-hybridized carbons (Fsp3) is 0. The molecule has 1 N–H and O–H groups in total. The number of fused-ring (bicyclic) bond motifs is 1. The van der Waals surface area contributed by atoms with Crippen LogP contribution in [-0.2, 0) is 0 Å². The van der Waals surface area contributed by atoms with Gasteiger partial charge in [-0.3, -0.25) is 0 Å². The number of H-pyrrole nitrogens is 1. The molecule has 1 heterocycles. The van der Waals surface area contributed by atoms with Gasteiger partial charge in [0.1, 0.15) is 4.90 Å². The molecule has 0 radical (unpaired) electrons. The van der Waals surface area contributed by atoms with Crippen molar-refractivity contribution in [2.45, 2.75) is 4.90 Å². The number of hydrogen-bond donors (Lipinski definition) is 1. The molecule has 3 rings (SSSR count). The Morgan fingerprint density at radius 3 is 2.05 bits per heavy atom. The zero-order valence-corrected chi connectivity index (χ0v) is 13.2. The summed E-state index contributed by atoms with van der Waals surface area (Å²) in [4.78, 5) is 1.04. The normalized spacial score (nSPS) is 15.5. The van der Waals surface area contributed by atoms with Gasteiger partial charge in [0.15, 0.2) is 0 Å². The lowest BCUT2D eigenvalue weighted by atomic mass is 10.1. The second-order valence-corrected chi connectivity index (χ2v) is 8.23. The Morgan fingerprint density at radius 1 is 0.818 bits per heavy atom. The van der Waals surface area contributed by atoms with Crippen LogP contribution in [0.1, 0.15) is 0 Å². The molecule has 0 saturated heterocycles. The van der Waals surface area contributed by atoms with Gasteiger partial charge in [-0.1, -0.05) is 47.5 Å². The maximum absolute atomic E-state index is 12.8. The van der Waals surface area contributed by atoms with Crippen LogP contribution in [0.25, 0.3) is 22.2 Å². The third kappa shape index (κ3) is 2.98. The van der Waals surface area contributed by atoms with Crippen molar-refractivity contribution in [2.75, 3.05) is 0 Å². The summed E-state index contributed by atoms with van der Waals surface area (Å²) in [5, 5.41) is 0.0867. The van der Waals surface area contributed by atoms with Gasteiger partial charge < -0.3 is 4.98 Å². The van der Waals surface area contributed by atoms with Crippen LogP contribution >= 0.6 is 26.2 Å². The number of aromatic nitrogens is 1. The monoisotopic (exact) mass is 397 g/mol. The van der Waals surface area contributed by atoms with Gasteiger partial charge in [0.05, 0.1) is 0 Å². The molecule has 2 aromatic carbocycles. The minimum Gasteiger partial charge on any atom is -0.355 e. The Hall–Kier alpha value is -1.54. The van der Waals surface area contributed by atoms with Gasteiger partial charge in [-0.05, 0) is 42.0 Å². The summed E-state index contributed by atoms with van der Waals surface area (Å²) in [6.45, 7) is 0. The van der Waals surface area contributed by atoms with Crippen LogP contribution in [0.2, 0.25) is 0 Å². The zero-order valence-electron chi connectivity index (χ0n) is 10.8. The van der Waals surface area contributed by atoms with Crippen LogP contribution in [0.3, 0.4) is 0 Å². The van der Waals surface area contributed by atoms with E-state index in [0.29, 0.717) is 23.3 Å².